The highest BCUT2D eigenvalue weighted by Gasteiger charge is 2.09. The lowest BCUT2D eigenvalue weighted by molar-refractivity contribution is -0.385. The van der Waals surface area contributed by atoms with E-state index < -0.39 is 4.92 Å². The van der Waals surface area contributed by atoms with Crippen LogP contribution in [0.3, 0.4) is 0 Å². The van der Waals surface area contributed by atoms with Gasteiger partial charge in [-0.15, -0.1) is 0 Å². The first-order valence-corrected chi connectivity index (χ1v) is 4.40. The molecule has 0 N–H and O–H groups in total. The first kappa shape index (κ1) is 11.0. The molecule has 1 rings (SSSR count). The van der Waals surface area contributed by atoms with Crippen LogP contribution in [0.1, 0.15) is 11.1 Å². The Morgan fingerprint density at radius 2 is 2.33 bits per heavy atom. The van der Waals surface area contributed by atoms with Gasteiger partial charge >= 0.3 is 0 Å². The van der Waals surface area contributed by atoms with Gasteiger partial charge in [0, 0.05) is 23.1 Å². The Morgan fingerprint density at radius 3 is 2.87 bits per heavy atom. The maximum Gasteiger partial charge on any atom is 0.272 e. The van der Waals surface area contributed by atoms with Crippen LogP contribution in [0.4, 0.5) is 5.69 Å². The van der Waals surface area contributed by atoms with Crippen LogP contribution in [0.25, 0.3) is 10.4 Å². The number of hydrogen-bond donors (Lipinski definition) is 0. The smallest absolute Gasteiger partial charge is 0.258 e. The van der Waals surface area contributed by atoms with Gasteiger partial charge in [-0.3, -0.25) is 10.1 Å². The van der Waals surface area contributed by atoms with Gasteiger partial charge in [0.05, 0.1) is 4.92 Å². The molecular weight excluding hydrogens is 196 g/mol. The van der Waals surface area contributed by atoms with E-state index in [1.807, 2.05) is 0 Å². The molecule has 0 spiro atoms. The molecule has 0 heterocycles. The molecule has 0 aliphatic rings. The molecule has 0 aliphatic carbocycles. The summed E-state index contributed by atoms with van der Waals surface area (Å²) >= 11 is 0. The third-order valence-electron chi connectivity index (χ3n) is 2.02. The average molecular weight is 206 g/mol. The highest BCUT2D eigenvalue weighted by molar-refractivity contribution is 5.41. The molecule has 0 unspecified atom stereocenters. The summed E-state index contributed by atoms with van der Waals surface area (Å²) in [7, 11) is 0. The molecule has 0 aromatic heterocycles. The zero-order valence-corrected chi connectivity index (χ0v) is 8.25. The molecule has 0 aliphatic heterocycles. The van der Waals surface area contributed by atoms with E-state index in [0.29, 0.717) is 18.5 Å². The van der Waals surface area contributed by atoms with E-state index in [4.69, 9.17) is 5.53 Å². The molecule has 6 nitrogen and oxygen atoms in total. The van der Waals surface area contributed by atoms with Crippen molar-refractivity contribution < 1.29 is 4.92 Å². The predicted molar refractivity (Wildman–Crippen MR) is 55.6 cm³/mol. The van der Waals surface area contributed by atoms with Crippen LogP contribution in [-0.4, -0.2) is 11.5 Å². The molecular formula is C9H10N4O2. The van der Waals surface area contributed by atoms with Gasteiger partial charge in [-0.25, -0.2) is 0 Å². The number of rotatable bonds is 4. The Bertz CT molecular complexity index is 424. The van der Waals surface area contributed by atoms with E-state index >= 15 is 0 Å². The number of aryl methyl sites for hydroxylation is 1. The zero-order chi connectivity index (χ0) is 11.3. The third kappa shape index (κ3) is 2.96. The van der Waals surface area contributed by atoms with Gasteiger partial charge in [0.25, 0.3) is 5.69 Å². The molecule has 6 heteroatoms. The van der Waals surface area contributed by atoms with E-state index in [0.717, 1.165) is 5.56 Å². The monoisotopic (exact) mass is 206 g/mol. The number of nitro benzene ring substituents is 1. The molecule has 0 saturated carbocycles. The summed E-state index contributed by atoms with van der Waals surface area (Å²) < 4.78 is 0. The Kier molecular flexibility index (Phi) is 3.65. The fourth-order valence-electron chi connectivity index (χ4n) is 1.30. The Labute approximate surface area is 86.3 Å². The van der Waals surface area contributed by atoms with E-state index in [9.17, 15) is 10.1 Å². The molecule has 1 aromatic carbocycles. The maximum absolute atomic E-state index is 10.5. The number of hydrogen-bond acceptors (Lipinski definition) is 3. The second-order valence-corrected chi connectivity index (χ2v) is 3.08. The van der Waals surface area contributed by atoms with Crippen LogP contribution in [0.15, 0.2) is 23.3 Å². The zero-order valence-electron chi connectivity index (χ0n) is 8.25. The molecule has 0 amide bonds. The number of benzene rings is 1. The predicted octanol–water partition coefficient (Wildman–Crippen LogP) is 2.76. The van der Waals surface area contributed by atoms with Crippen molar-refractivity contribution in [2.45, 2.75) is 13.3 Å². The van der Waals surface area contributed by atoms with Crippen molar-refractivity contribution in [2.24, 2.45) is 5.11 Å². The number of azide groups is 1. The van der Waals surface area contributed by atoms with Gasteiger partial charge in [0.1, 0.15) is 0 Å². The summed E-state index contributed by atoms with van der Waals surface area (Å²) in [6.07, 6.45) is 0.600. The largest absolute Gasteiger partial charge is 0.272 e. The molecule has 0 atom stereocenters. The minimum Gasteiger partial charge on any atom is -0.258 e. The summed E-state index contributed by atoms with van der Waals surface area (Å²) in [4.78, 5) is 12.8. The van der Waals surface area contributed by atoms with Crippen LogP contribution in [-0.2, 0) is 6.42 Å². The SMILES string of the molecule is Cc1cc(CCN=[N+]=[N-])ccc1[N+](=O)[O-]. The Hall–Kier alpha value is -2.07. The van der Waals surface area contributed by atoms with E-state index in [1.54, 1.807) is 19.1 Å². The van der Waals surface area contributed by atoms with Crippen LogP contribution in [0, 0.1) is 17.0 Å². The topological polar surface area (TPSA) is 91.9 Å². The lowest BCUT2D eigenvalue weighted by Crippen LogP contribution is -1.94. The second kappa shape index (κ2) is 4.97. The minimum absolute atomic E-state index is 0.113. The molecule has 15 heavy (non-hydrogen) atoms. The van der Waals surface area contributed by atoms with Crippen LogP contribution >= 0.6 is 0 Å². The Morgan fingerprint density at radius 1 is 1.60 bits per heavy atom. The van der Waals surface area contributed by atoms with E-state index in [-0.39, 0.29) is 5.69 Å². The standard InChI is InChI=1S/C9H10N4O2/c1-7-6-8(4-5-11-12-10)2-3-9(7)13(14)15/h2-3,6H,4-5H2,1H3. The summed E-state index contributed by atoms with van der Waals surface area (Å²) in [5.74, 6) is 0. The minimum atomic E-state index is -0.410. The average Bonchev–Trinajstić information content (AvgIpc) is 2.17. The fraction of sp³-hybridized carbons (Fsp3) is 0.333. The van der Waals surface area contributed by atoms with Crippen molar-refractivity contribution >= 4 is 5.69 Å². The normalized spacial score (nSPS) is 9.40. The summed E-state index contributed by atoms with van der Waals surface area (Å²) in [6, 6.07) is 4.89. The number of nitrogens with zero attached hydrogens (tertiary/aromatic N) is 4. The molecule has 78 valence electrons. The van der Waals surface area contributed by atoms with Crippen molar-refractivity contribution in [3.63, 3.8) is 0 Å². The highest BCUT2D eigenvalue weighted by atomic mass is 16.6. The van der Waals surface area contributed by atoms with Crippen LogP contribution in [0.5, 0.6) is 0 Å². The Balaban J connectivity index is 2.82. The lowest BCUT2D eigenvalue weighted by Gasteiger charge is -2.00. The second-order valence-electron chi connectivity index (χ2n) is 3.08. The van der Waals surface area contributed by atoms with Gasteiger partial charge in [-0.1, -0.05) is 11.2 Å². The third-order valence-corrected chi connectivity index (χ3v) is 2.02. The lowest BCUT2D eigenvalue weighted by atomic mass is 10.1. The van der Waals surface area contributed by atoms with Crippen LogP contribution < -0.4 is 0 Å². The van der Waals surface area contributed by atoms with Gasteiger partial charge in [0.15, 0.2) is 0 Å². The van der Waals surface area contributed by atoms with Gasteiger partial charge in [0.2, 0.25) is 0 Å². The summed E-state index contributed by atoms with van der Waals surface area (Å²) in [6.45, 7) is 2.06. The van der Waals surface area contributed by atoms with Crippen molar-refractivity contribution in [1.29, 1.82) is 0 Å². The van der Waals surface area contributed by atoms with Crippen molar-refractivity contribution in [3.8, 4) is 0 Å². The summed E-state index contributed by atoms with van der Waals surface area (Å²) in [5.41, 5.74) is 9.76. The molecule has 0 fully saturated rings. The van der Waals surface area contributed by atoms with Crippen molar-refractivity contribution in [2.75, 3.05) is 6.54 Å². The van der Waals surface area contributed by atoms with Gasteiger partial charge in [-0.2, -0.15) is 0 Å². The fourth-order valence-corrected chi connectivity index (χ4v) is 1.30. The van der Waals surface area contributed by atoms with Gasteiger partial charge in [-0.05, 0) is 30.5 Å². The first-order valence-electron chi connectivity index (χ1n) is 4.40. The maximum atomic E-state index is 10.5. The number of nitro groups is 1. The van der Waals surface area contributed by atoms with E-state index in [2.05, 4.69) is 10.0 Å². The van der Waals surface area contributed by atoms with E-state index in [1.165, 1.54) is 6.07 Å². The van der Waals surface area contributed by atoms with Crippen molar-refractivity contribution in [3.05, 3.63) is 49.9 Å². The molecule has 0 radical (unpaired) electrons. The van der Waals surface area contributed by atoms with Gasteiger partial charge < -0.3 is 0 Å². The first-order chi connectivity index (χ1) is 7.15. The molecule has 0 bridgehead atoms. The highest BCUT2D eigenvalue weighted by Crippen LogP contribution is 2.18. The molecule has 0 saturated heterocycles. The summed E-state index contributed by atoms with van der Waals surface area (Å²) in [5, 5.41) is 13.9. The quantitative estimate of drug-likeness (QED) is 0.249. The van der Waals surface area contributed by atoms with Crippen molar-refractivity contribution in [1.82, 2.24) is 0 Å². The molecule has 1 aromatic rings. The van der Waals surface area contributed by atoms with Crippen LogP contribution in [0.2, 0.25) is 0 Å².